The minimum atomic E-state index is -11.1. The molecular formula is C27HF55. The highest BCUT2D eigenvalue weighted by Gasteiger charge is 3.05. The van der Waals surface area contributed by atoms with Crippen molar-refractivity contribution in [1.82, 2.24) is 0 Å². The highest BCUT2D eigenvalue weighted by Crippen LogP contribution is 2.73. The topological polar surface area (TPSA) is 0 Å². The van der Waals surface area contributed by atoms with E-state index in [0.717, 1.165) is 0 Å². The van der Waals surface area contributed by atoms with Crippen molar-refractivity contribution in [2.45, 2.75) is 161 Å². The maximum absolute atomic E-state index is 14.1. The second-order valence-electron chi connectivity index (χ2n) is 15.2. The van der Waals surface area contributed by atoms with Crippen LogP contribution in [0.2, 0.25) is 0 Å². The standard InChI is InChI=1S/C27HF55/c28-1(29)2(30,31)3(32,33)4(34,35)5(36,37)6(38,39)7(40,41)8(42,43)9(44,45)10(46,47)11(48,49)12(50,51)13(52,53)14(54,55)15(56,57)16(58,59)17(60,61)18(62,63)19(64,65)20(66,67)21(68,69)22(70,71)23(72,73)24(74,75)25(76,77)26(78,79)27(80,81)82/h1H. The smallest absolute Gasteiger partial charge is 0.203 e. The van der Waals surface area contributed by atoms with Gasteiger partial charge in [-0.05, 0) is 0 Å². The van der Waals surface area contributed by atoms with Crippen LogP contribution < -0.4 is 0 Å². The summed E-state index contributed by atoms with van der Waals surface area (Å²) >= 11 is 0. The van der Waals surface area contributed by atoms with Crippen molar-refractivity contribution < 1.29 is 241 Å². The van der Waals surface area contributed by atoms with Gasteiger partial charge in [-0.2, -0.15) is 233 Å². The lowest BCUT2D eigenvalue weighted by Crippen LogP contribution is -2.81. The predicted octanol–water partition coefficient (Wildman–Crippen LogP) is 17.7. The molecule has 0 N–H and O–H groups in total. The number of alkyl halides is 55. The highest BCUT2D eigenvalue weighted by atomic mass is 19.5. The van der Waals surface area contributed by atoms with E-state index in [2.05, 4.69) is 0 Å². The second kappa shape index (κ2) is 18.6. The maximum atomic E-state index is 14.1. The Labute approximate surface area is 403 Å². The Morgan fingerprint density at radius 3 is 0.256 bits per heavy atom. The zero-order valence-corrected chi connectivity index (χ0v) is 34.4. The Kier molecular flexibility index (Phi) is 17.7. The van der Waals surface area contributed by atoms with Crippen LogP contribution in [0.4, 0.5) is 241 Å². The highest BCUT2D eigenvalue weighted by molar-refractivity contribution is 5.25. The number of hydrogen-bond acceptors (Lipinski definition) is 0. The molecule has 82 heavy (non-hydrogen) atoms. The lowest BCUT2D eigenvalue weighted by molar-refractivity contribution is -0.499. The summed E-state index contributed by atoms with van der Waals surface area (Å²) in [6.07, 6.45) is -15.4. The third-order valence-electron chi connectivity index (χ3n) is 10.1. The molecule has 494 valence electrons. The van der Waals surface area contributed by atoms with Crippen molar-refractivity contribution >= 4 is 0 Å². The first kappa shape index (κ1) is 78.1. The van der Waals surface area contributed by atoms with Crippen molar-refractivity contribution in [2.24, 2.45) is 0 Å². The number of hydrogen-bond donors (Lipinski definition) is 0. The van der Waals surface area contributed by atoms with Crippen molar-refractivity contribution in [2.75, 3.05) is 0 Å². The fourth-order valence-electron chi connectivity index (χ4n) is 4.86. The number of rotatable bonds is 25. The zero-order chi connectivity index (χ0) is 68.6. The van der Waals surface area contributed by atoms with E-state index in [-0.39, 0.29) is 0 Å². The zero-order valence-electron chi connectivity index (χ0n) is 34.4. The van der Waals surface area contributed by atoms with Gasteiger partial charge in [0, 0.05) is 0 Å². The first-order valence-electron chi connectivity index (χ1n) is 17.0. The molecule has 0 fully saturated rings. The van der Waals surface area contributed by atoms with E-state index >= 15 is 0 Å². The Balaban J connectivity index is 8.28. The Bertz CT molecular complexity index is 2290. The quantitative estimate of drug-likeness (QED) is 0.0799. The molecule has 0 unspecified atom stereocenters. The van der Waals surface area contributed by atoms with Crippen LogP contribution in [0, 0.1) is 0 Å². The molecule has 0 amide bonds. The third-order valence-corrected chi connectivity index (χ3v) is 10.1. The largest absolute Gasteiger partial charge is 0.460 e. The molecule has 55 heteroatoms. The van der Waals surface area contributed by atoms with Crippen LogP contribution in [0.15, 0.2) is 0 Å². The molecule has 0 aliphatic heterocycles. The number of halogens is 55. The van der Waals surface area contributed by atoms with Crippen LogP contribution in [0.5, 0.6) is 0 Å². The second-order valence-corrected chi connectivity index (χ2v) is 15.2. The molecule has 0 bridgehead atoms. The lowest BCUT2D eigenvalue weighted by Gasteiger charge is -2.48. The van der Waals surface area contributed by atoms with Crippen molar-refractivity contribution in [3.8, 4) is 0 Å². The summed E-state index contributed by atoms with van der Waals surface area (Å²) in [6.45, 7) is 0. The van der Waals surface area contributed by atoms with Crippen molar-refractivity contribution in [3.05, 3.63) is 0 Å². The third kappa shape index (κ3) is 8.33. The van der Waals surface area contributed by atoms with Crippen LogP contribution in [0.3, 0.4) is 0 Å². The molecule has 0 radical (unpaired) electrons. The van der Waals surface area contributed by atoms with E-state index in [9.17, 15) is 241 Å². The van der Waals surface area contributed by atoms with Crippen LogP contribution in [-0.2, 0) is 0 Å². The minimum absolute atomic E-state index is 6.76. The van der Waals surface area contributed by atoms with Gasteiger partial charge in [0.25, 0.3) is 0 Å². The van der Waals surface area contributed by atoms with E-state index in [0.29, 0.717) is 0 Å². The average Bonchev–Trinajstić information content (AvgIpc) is 3.23. The predicted molar refractivity (Wildman–Crippen MR) is 136 cm³/mol. The van der Waals surface area contributed by atoms with E-state index in [1.165, 1.54) is 0 Å². The summed E-state index contributed by atoms with van der Waals surface area (Å²) in [5, 5.41) is 0. The van der Waals surface area contributed by atoms with E-state index in [1.54, 1.807) is 0 Å². The molecule has 0 aromatic carbocycles. The van der Waals surface area contributed by atoms with E-state index in [1.807, 2.05) is 0 Å². The Morgan fingerprint density at radius 2 is 0.183 bits per heavy atom. The van der Waals surface area contributed by atoms with Gasteiger partial charge in [-0.25, -0.2) is 8.78 Å². The van der Waals surface area contributed by atoms with Gasteiger partial charge in [-0.15, -0.1) is 0 Å². The first-order chi connectivity index (χ1) is 34.2. The normalized spacial score (nSPS) is 17.6. The lowest BCUT2D eigenvalue weighted by atomic mass is 9.81. The summed E-state index contributed by atoms with van der Waals surface area (Å²) in [7, 11) is 0. The molecular weight excluding hydrogens is 1370 g/mol. The summed E-state index contributed by atoms with van der Waals surface area (Å²) in [6, 6.07) is 0. The molecule has 0 atom stereocenters. The molecule has 0 spiro atoms. The van der Waals surface area contributed by atoms with Gasteiger partial charge in [0.05, 0.1) is 0 Å². The molecule has 0 aromatic heterocycles. The molecule has 0 aromatic rings. The van der Waals surface area contributed by atoms with E-state index < -0.39 is 161 Å². The van der Waals surface area contributed by atoms with Crippen LogP contribution >= 0.6 is 0 Å². The van der Waals surface area contributed by atoms with Crippen LogP contribution in [0.1, 0.15) is 0 Å². The van der Waals surface area contributed by atoms with Gasteiger partial charge in [-0.3, -0.25) is 0 Å². The monoisotopic (exact) mass is 1370 g/mol. The van der Waals surface area contributed by atoms with Crippen LogP contribution in [0.25, 0.3) is 0 Å². The van der Waals surface area contributed by atoms with Crippen molar-refractivity contribution in [3.63, 3.8) is 0 Å². The molecule has 0 aliphatic rings. The average molecular weight is 1370 g/mol. The molecule has 0 aliphatic carbocycles. The molecule has 0 saturated heterocycles. The summed E-state index contributed by atoms with van der Waals surface area (Å²) in [5.41, 5.74) is 0. The van der Waals surface area contributed by atoms with E-state index in [4.69, 9.17) is 0 Å². The molecule has 0 nitrogen and oxygen atoms in total. The van der Waals surface area contributed by atoms with Gasteiger partial charge >= 0.3 is 161 Å². The van der Waals surface area contributed by atoms with Gasteiger partial charge in [0.2, 0.25) is 0 Å². The van der Waals surface area contributed by atoms with Crippen LogP contribution in [-0.4, -0.2) is 161 Å². The Hall–Kier alpha value is -3.85. The summed E-state index contributed by atoms with van der Waals surface area (Å²) in [4.78, 5) is 0. The van der Waals surface area contributed by atoms with Crippen molar-refractivity contribution in [1.29, 1.82) is 0 Å². The molecule has 0 heterocycles. The molecule has 0 rings (SSSR count). The fraction of sp³-hybridized carbons (Fsp3) is 1.00. The maximum Gasteiger partial charge on any atom is 0.460 e. The van der Waals surface area contributed by atoms with Gasteiger partial charge in [0.15, 0.2) is 0 Å². The Morgan fingerprint density at radius 1 is 0.110 bits per heavy atom. The van der Waals surface area contributed by atoms with Gasteiger partial charge in [-0.1, -0.05) is 0 Å². The SMILES string of the molecule is FC(F)C(F)(F)C(F)(F)C(F)(F)C(F)(F)C(F)(F)C(F)(F)C(F)(F)C(F)(F)C(F)(F)C(F)(F)C(F)(F)C(F)(F)C(F)(F)C(F)(F)C(F)(F)C(F)(F)C(F)(F)C(F)(F)C(F)(F)C(F)(F)C(F)(F)C(F)(F)C(F)(F)C(F)(F)C(F)(F)C(F)(F)F. The van der Waals surface area contributed by atoms with Gasteiger partial charge < -0.3 is 0 Å². The minimum Gasteiger partial charge on any atom is -0.203 e. The summed E-state index contributed by atoms with van der Waals surface area (Å²) in [5.74, 6) is -262. The summed E-state index contributed by atoms with van der Waals surface area (Å²) < 4.78 is 751. The molecule has 0 saturated carbocycles. The van der Waals surface area contributed by atoms with Gasteiger partial charge in [0.1, 0.15) is 0 Å². The fourth-order valence-corrected chi connectivity index (χ4v) is 4.86. The first-order valence-corrected chi connectivity index (χ1v) is 17.0.